The summed E-state index contributed by atoms with van der Waals surface area (Å²) in [5, 5.41) is 0.384. The van der Waals surface area contributed by atoms with Crippen LogP contribution in [-0.2, 0) is 26.3 Å². The number of rotatable bonds is 5. The molecule has 12 heteroatoms. The van der Waals surface area contributed by atoms with Crippen LogP contribution in [0.2, 0.25) is 0 Å². The zero-order chi connectivity index (χ0) is 20.5. The summed E-state index contributed by atoms with van der Waals surface area (Å²) in [6, 6.07) is 6.06. The van der Waals surface area contributed by atoms with Crippen LogP contribution < -0.4 is 4.72 Å². The van der Waals surface area contributed by atoms with Gasteiger partial charge in [-0.1, -0.05) is 18.2 Å². The van der Waals surface area contributed by atoms with Crippen molar-refractivity contribution in [3.8, 4) is 0 Å². The predicted octanol–water partition coefficient (Wildman–Crippen LogP) is 3.50. The molecule has 0 heterocycles. The Balaban J connectivity index is 2.39. The van der Waals surface area contributed by atoms with E-state index in [0.717, 1.165) is 30.3 Å². The van der Waals surface area contributed by atoms with E-state index in [9.17, 15) is 34.4 Å². The van der Waals surface area contributed by atoms with Crippen LogP contribution in [-0.4, -0.2) is 21.4 Å². The van der Waals surface area contributed by atoms with Crippen molar-refractivity contribution in [2.24, 2.45) is 0 Å². The maximum atomic E-state index is 13.2. The van der Waals surface area contributed by atoms with Crippen molar-refractivity contribution in [1.82, 2.24) is 0 Å². The van der Waals surface area contributed by atoms with Crippen molar-refractivity contribution >= 4 is 31.9 Å². The SMILES string of the molecule is O=S(=O)(/C=C/c1ccccc1C(F)(F)F)Nc1ccc(F)cc1S(=O)(=O)O. The standard InChI is InChI=1S/C15H11F4NO5S2/c16-11-5-6-13(14(9-11)27(23,24)25)20-26(21,22)8-7-10-3-1-2-4-12(10)15(17,18)19/h1-9,20H,(H,23,24,25)/b8-7+. The van der Waals surface area contributed by atoms with E-state index in [1.165, 1.54) is 6.07 Å². The zero-order valence-corrected chi connectivity index (χ0v) is 14.7. The number of sulfonamides is 1. The molecule has 0 unspecified atom stereocenters. The van der Waals surface area contributed by atoms with Gasteiger partial charge in [-0.05, 0) is 35.9 Å². The molecule has 0 aromatic heterocycles. The Labute approximate surface area is 151 Å². The van der Waals surface area contributed by atoms with Gasteiger partial charge >= 0.3 is 6.18 Å². The molecule has 2 N–H and O–H groups in total. The third kappa shape index (κ3) is 5.52. The van der Waals surface area contributed by atoms with Gasteiger partial charge in [0.25, 0.3) is 20.1 Å². The molecular formula is C15H11F4NO5S2. The van der Waals surface area contributed by atoms with Crippen molar-refractivity contribution in [2.75, 3.05) is 4.72 Å². The average Bonchev–Trinajstić information content (AvgIpc) is 2.53. The van der Waals surface area contributed by atoms with E-state index in [1.54, 1.807) is 4.72 Å². The lowest BCUT2D eigenvalue weighted by molar-refractivity contribution is -0.137. The number of hydrogen-bond donors (Lipinski definition) is 2. The summed E-state index contributed by atoms with van der Waals surface area (Å²) >= 11 is 0. The topological polar surface area (TPSA) is 101 Å². The molecule has 146 valence electrons. The van der Waals surface area contributed by atoms with E-state index in [-0.39, 0.29) is 0 Å². The Hall–Kier alpha value is -2.44. The average molecular weight is 425 g/mol. The monoisotopic (exact) mass is 425 g/mol. The third-order valence-electron chi connectivity index (χ3n) is 3.17. The normalized spacial score (nSPS) is 13.1. The van der Waals surface area contributed by atoms with Gasteiger partial charge in [-0.3, -0.25) is 9.27 Å². The van der Waals surface area contributed by atoms with Crippen molar-refractivity contribution in [2.45, 2.75) is 11.1 Å². The minimum atomic E-state index is -4.96. The molecule has 6 nitrogen and oxygen atoms in total. The second-order valence-electron chi connectivity index (χ2n) is 5.15. The zero-order valence-electron chi connectivity index (χ0n) is 13.1. The van der Waals surface area contributed by atoms with Crippen LogP contribution in [0.25, 0.3) is 6.08 Å². The van der Waals surface area contributed by atoms with Crippen molar-refractivity contribution in [3.05, 3.63) is 64.8 Å². The molecule has 0 saturated carbocycles. The first kappa shape index (κ1) is 20.9. The number of anilines is 1. The molecule has 27 heavy (non-hydrogen) atoms. The van der Waals surface area contributed by atoms with Gasteiger partial charge < -0.3 is 0 Å². The van der Waals surface area contributed by atoms with Gasteiger partial charge in [0.1, 0.15) is 10.7 Å². The van der Waals surface area contributed by atoms with E-state index in [1.807, 2.05) is 0 Å². The fourth-order valence-electron chi connectivity index (χ4n) is 2.04. The Morgan fingerprint density at radius 1 is 1.00 bits per heavy atom. The Morgan fingerprint density at radius 2 is 1.63 bits per heavy atom. The van der Waals surface area contributed by atoms with E-state index in [2.05, 4.69) is 0 Å². The lowest BCUT2D eigenvalue weighted by Crippen LogP contribution is -2.13. The molecule has 0 aliphatic rings. The highest BCUT2D eigenvalue weighted by Crippen LogP contribution is 2.32. The van der Waals surface area contributed by atoms with Crippen LogP contribution in [0, 0.1) is 5.82 Å². The highest BCUT2D eigenvalue weighted by molar-refractivity contribution is 7.95. The molecule has 0 aliphatic carbocycles. The second-order valence-corrected chi connectivity index (χ2v) is 8.11. The Bertz CT molecular complexity index is 1090. The second kappa shape index (κ2) is 7.29. The van der Waals surface area contributed by atoms with Crippen molar-refractivity contribution in [3.63, 3.8) is 0 Å². The lowest BCUT2D eigenvalue weighted by Gasteiger charge is -2.11. The summed E-state index contributed by atoms with van der Waals surface area (Å²) in [4.78, 5) is -1.05. The van der Waals surface area contributed by atoms with Gasteiger partial charge in [0, 0.05) is 0 Å². The van der Waals surface area contributed by atoms with E-state index in [4.69, 9.17) is 4.55 Å². The first-order valence-corrected chi connectivity index (χ1v) is 9.92. The molecule has 0 saturated heterocycles. The molecule has 0 atom stereocenters. The summed E-state index contributed by atoms with van der Waals surface area (Å²) in [5.41, 5.74) is -2.19. The molecule has 0 bridgehead atoms. The largest absolute Gasteiger partial charge is 0.416 e. The fraction of sp³-hybridized carbons (Fsp3) is 0.0667. The van der Waals surface area contributed by atoms with Crippen LogP contribution >= 0.6 is 0 Å². The van der Waals surface area contributed by atoms with Crippen LogP contribution in [0.4, 0.5) is 23.2 Å². The van der Waals surface area contributed by atoms with Gasteiger partial charge in [0.2, 0.25) is 0 Å². The summed E-state index contributed by atoms with van der Waals surface area (Å²) in [5.74, 6) is -1.06. The summed E-state index contributed by atoms with van der Waals surface area (Å²) in [6.07, 6.45) is -4.05. The number of nitrogens with one attached hydrogen (secondary N) is 1. The minimum absolute atomic E-state index is 0.384. The Morgan fingerprint density at radius 3 is 2.22 bits per heavy atom. The van der Waals surface area contributed by atoms with Crippen LogP contribution in [0.1, 0.15) is 11.1 Å². The summed E-state index contributed by atoms with van der Waals surface area (Å²) in [7, 11) is -9.45. The first-order chi connectivity index (χ1) is 12.3. The number of hydrogen-bond acceptors (Lipinski definition) is 4. The first-order valence-electron chi connectivity index (χ1n) is 6.94. The van der Waals surface area contributed by atoms with Gasteiger partial charge in [-0.25, -0.2) is 12.8 Å². The van der Waals surface area contributed by atoms with Gasteiger partial charge in [0.05, 0.1) is 16.7 Å². The lowest BCUT2D eigenvalue weighted by atomic mass is 10.1. The molecule has 2 rings (SSSR count). The number of alkyl halides is 3. The molecule has 2 aromatic rings. The van der Waals surface area contributed by atoms with Crippen LogP contribution in [0.3, 0.4) is 0 Å². The summed E-state index contributed by atoms with van der Waals surface area (Å²) < 4.78 is 109. The number of benzene rings is 2. The maximum Gasteiger partial charge on any atom is 0.416 e. The smallest absolute Gasteiger partial charge is 0.282 e. The fourth-order valence-corrected chi connectivity index (χ4v) is 3.65. The quantitative estimate of drug-likeness (QED) is 0.564. The molecule has 0 spiro atoms. The third-order valence-corrected chi connectivity index (χ3v) is 5.06. The predicted molar refractivity (Wildman–Crippen MR) is 89.2 cm³/mol. The van der Waals surface area contributed by atoms with Gasteiger partial charge in [0.15, 0.2) is 0 Å². The highest BCUT2D eigenvalue weighted by Gasteiger charge is 2.32. The maximum absolute atomic E-state index is 13.2. The van der Waals surface area contributed by atoms with Crippen LogP contribution in [0.15, 0.2) is 52.8 Å². The molecule has 0 radical (unpaired) electrons. The molecular weight excluding hydrogens is 414 g/mol. The van der Waals surface area contributed by atoms with E-state index < -0.39 is 53.8 Å². The van der Waals surface area contributed by atoms with E-state index in [0.29, 0.717) is 17.6 Å². The highest BCUT2D eigenvalue weighted by atomic mass is 32.2. The van der Waals surface area contributed by atoms with Crippen molar-refractivity contribution in [1.29, 1.82) is 0 Å². The molecule has 0 aliphatic heterocycles. The molecule has 0 amide bonds. The van der Waals surface area contributed by atoms with E-state index >= 15 is 0 Å². The number of halogens is 4. The summed E-state index contributed by atoms with van der Waals surface area (Å²) in [6.45, 7) is 0. The van der Waals surface area contributed by atoms with Crippen LogP contribution in [0.5, 0.6) is 0 Å². The Kier molecular flexibility index (Phi) is 5.63. The minimum Gasteiger partial charge on any atom is -0.282 e. The molecule has 0 fully saturated rings. The van der Waals surface area contributed by atoms with Gasteiger partial charge in [-0.15, -0.1) is 0 Å². The van der Waals surface area contributed by atoms with Gasteiger partial charge in [-0.2, -0.15) is 21.6 Å². The molecule has 2 aromatic carbocycles. The van der Waals surface area contributed by atoms with Crippen molar-refractivity contribution < 1.29 is 39.0 Å².